The molecule has 0 aliphatic carbocycles. The van der Waals surface area contributed by atoms with E-state index in [9.17, 15) is 19.1 Å². The lowest BCUT2D eigenvalue weighted by atomic mass is 10.1. The van der Waals surface area contributed by atoms with Crippen LogP contribution in [-0.2, 0) is 4.79 Å². The zero-order valence-electron chi connectivity index (χ0n) is 15.1. The van der Waals surface area contributed by atoms with Crippen molar-refractivity contribution >= 4 is 11.8 Å². The molecule has 1 atom stereocenters. The summed E-state index contributed by atoms with van der Waals surface area (Å²) in [7, 11) is 0. The van der Waals surface area contributed by atoms with E-state index in [2.05, 4.69) is 4.98 Å². The third-order valence-electron chi connectivity index (χ3n) is 4.74. The SMILES string of the molecule is Cc1cccnc1C(=O)N1CCCN(C(=O)C(O)c2ccccc2F)CC1. The summed E-state index contributed by atoms with van der Waals surface area (Å²) < 4.78 is 13.9. The van der Waals surface area contributed by atoms with E-state index < -0.39 is 17.8 Å². The Hall–Kier alpha value is -2.80. The highest BCUT2D eigenvalue weighted by molar-refractivity contribution is 5.93. The van der Waals surface area contributed by atoms with Gasteiger partial charge in [0.25, 0.3) is 11.8 Å². The Bertz CT molecular complexity index is 843. The molecule has 27 heavy (non-hydrogen) atoms. The summed E-state index contributed by atoms with van der Waals surface area (Å²) in [5.41, 5.74) is 1.17. The molecule has 1 aromatic carbocycles. The van der Waals surface area contributed by atoms with Gasteiger partial charge in [-0.15, -0.1) is 0 Å². The van der Waals surface area contributed by atoms with Crippen LogP contribution in [0.5, 0.6) is 0 Å². The molecule has 2 aromatic rings. The van der Waals surface area contributed by atoms with Gasteiger partial charge < -0.3 is 14.9 Å². The van der Waals surface area contributed by atoms with Crippen LogP contribution in [0.4, 0.5) is 4.39 Å². The Kier molecular flexibility index (Phi) is 5.81. The van der Waals surface area contributed by atoms with Gasteiger partial charge >= 0.3 is 0 Å². The van der Waals surface area contributed by atoms with Crippen LogP contribution >= 0.6 is 0 Å². The quantitative estimate of drug-likeness (QED) is 0.895. The summed E-state index contributed by atoms with van der Waals surface area (Å²) in [6.07, 6.45) is 0.609. The predicted octanol–water partition coefficient (Wildman–Crippen LogP) is 1.94. The molecule has 142 valence electrons. The summed E-state index contributed by atoms with van der Waals surface area (Å²) in [5.74, 6) is -1.34. The number of carbonyl (C=O) groups excluding carboxylic acids is 2. The molecule has 1 aromatic heterocycles. The number of nitrogens with zero attached hydrogens (tertiary/aromatic N) is 3. The largest absolute Gasteiger partial charge is 0.378 e. The van der Waals surface area contributed by atoms with Crippen LogP contribution < -0.4 is 0 Å². The predicted molar refractivity (Wildman–Crippen MR) is 97.4 cm³/mol. The maximum atomic E-state index is 13.9. The Morgan fingerprint density at radius 1 is 1.07 bits per heavy atom. The number of benzene rings is 1. The second-order valence-electron chi connectivity index (χ2n) is 6.56. The summed E-state index contributed by atoms with van der Waals surface area (Å²) >= 11 is 0. The summed E-state index contributed by atoms with van der Waals surface area (Å²) in [6, 6.07) is 9.30. The first-order valence-corrected chi connectivity index (χ1v) is 8.91. The maximum absolute atomic E-state index is 13.9. The smallest absolute Gasteiger partial charge is 0.272 e. The van der Waals surface area contributed by atoms with E-state index in [0.29, 0.717) is 31.7 Å². The molecule has 1 aliphatic heterocycles. The van der Waals surface area contributed by atoms with Crippen LogP contribution in [0.2, 0.25) is 0 Å². The van der Waals surface area contributed by atoms with Gasteiger partial charge in [-0.05, 0) is 31.0 Å². The van der Waals surface area contributed by atoms with Gasteiger partial charge in [0.2, 0.25) is 0 Å². The lowest BCUT2D eigenvalue weighted by Gasteiger charge is -2.24. The molecule has 0 bridgehead atoms. The topological polar surface area (TPSA) is 73.7 Å². The van der Waals surface area contributed by atoms with Crippen molar-refractivity contribution in [2.45, 2.75) is 19.4 Å². The number of aliphatic hydroxyl groups is 1. The average Bonchev–Trinajstić information content (AvgIpc) is 2.93. The van der Waals surface area contributed by atoms with Crippen molar-refractivity contribution < 1.29 is 19.1 Å². The molecule has 0 radical (unpaired) electrons. The second kappa shape index (κ2) is 8.26. The number of amides is 2. The minimum atomic E-state index is -1.55. The first-order valence-electron chi connectivity index (χ1n) is 8.91. The minimum Gasteiger partial charge on any atom is -0.378 e. The zero-order chi connectivity index (χ0) is 19.4. The fraction of sp³-hybridized carbons (Fsp3) is 0.350. The number of rotatable bonds is 3. The number of hydrogen-bond donors (Lipinski definition) is 1. The molecule has 0 saturated carbocycles. The number of halogens is 1. The summed E-state index contributed by atoms with van der Waals surface area (Å²) in [6.45, 7) is 3.34. The molecule has 2 amide bonds. The summed E-state index contributed by atoms with van der Waals surface area (Å²) in [4.78, 5) is 32.6. The normalized spacial score (nSPS) is 16.0. The monoisotopic (exact) mass is 371 g/mol. The fourth-order valence-corrected chi connectivity index (χ4v) is 3.20. The third kappa shape index (κ3) is 4.14. The minimum absolute atomic E-state index is 0.0382. The zero-order valence-corrected chi connectivity index (χ0v) is 15.1. The van der Waals surface area contributed by atoms with E-state index in [-0.39, 0.29) is 18.0 Å². The standard InChI is InChI=1S/C20H22FN3O3/c1-14-6-4-9-22-17(14)19(26)23-10-5-11-24(13-12-23)20(27)18(25)15-7-2-3-8-16(15)21/h2-4,6-9,18,25H,5,10-13H2,1H3. The molecule has 1 saturated heterocycles. The van der Waals surface area contributed by atoms with Gasteiger partial charge in [0.15, 0.2) is 6.10 Å². The number of aryl methyl sites for hydroxylation is 1. The third-order valence-corrected chi connectivity index (χ3v) is 4.74. The van der Waals surface area contributed by atoms with E-state index in [1.54, 1.807) is 23.2 Å². The van der Waals surface area contributed by atoms with Gasteiger partial charge in [0.1, 0.15) is 11.5 Å². The molecular weight excluding hydrogens is 349 g/mol. The van der Waals surface area contributed by atoms with Crippen LogP contribution in [-0.4, -0.2) is 57.9 Å². The average molecular weight is 371 g/mol. The van der Waals surface area contributed by atoms with Crippen molar-refractivity contribution in [2.75, 3.05) is 26.2 Å². The highest BCUT2D eigenvalue weighted by atomic mass is 19.1. The number of aromatic nitrogens is 1. The lowest BCUT2D eigenvalue weighted by Crippen LogP contribution is -2.39. The van der Waals surface area contributed by atoms with Crippen molar-refractivity contribution in [1.29, 1.82) is 0 Å². The van der Waals surface area contributed by atoms with Crippen molar-refractivity contribution in [1.82, 2.24) is 14.8 Å². The molecule has 0 spiro atoms. The van der Waals surface area contributed by atoms with Gasteiger partial charge in [-0.3, -0.25) is 14.6 Å². The van der Waals surface area contributed by atoms with Crippen molar-refractivity contribution in [2.24, 2.45) is 0 Å². The van der Waals surface area contributed by atoms with Gasteiger partial charge in [-0.2, -0.15) is 0 Å². The van der Waals surface area contributed by atoms with Crippen molar-refractivity contribution in [3.05, 3.63) is 65.2 Å². The first kappa shape index (κ1) is 19.0. The lowest BCUT2D eigenvalue weighted by molar-refractivity contribution is -0.140. The van der Waals surface area contributed by atoms with Crippen LogP contribution in [0.25, 0.3) is 0 Å². The number of aliphatic hydroxyl groups excluding tert-OH is 1. The van der Waals surface area contributed by atoms with E-state index in [1.807, 2.05) is 13.0 Å². The number of carbonyl (C=O) groups is 2. The van der Waals surface area contributed by atoms with Crippen molar-refractivity contribution in [3.63, 3.8) is 0 Å². The van der Waals surface area contributed by atoms with Crippen LogP contribution in [0.15, 0.2) is 42.6 Å². The maximum Gasteiger partial charge on any atom is 0.272 e. The van der Waals surface area contributed by atoms with Gasteiger partial charge in [0.05, 0.1) is 0 Å². The molecule has 1 aliphatic rings. The molecule has 1 N–H and O–H groups in total. The molecule has 3 rings (SSSR count). The second-order valence-corrected chi connectivity index (χ2v) is 6.56. The Balaban J connectivity index is 1.68. The molecule has 6 nitrogen and oxygen atoms in total. The first-order chi connectivity index (χ1) is 13.0. The highest BCUT2D eigenvalue weighted by Gasteiger charge is 2.29. The number of hydrogen-bond acceptors (Lipinski definition) is 4. The molecule has 7 heteroatoms. The molecule has 1 fully saturated rings. The van der Waals surface area contributed by atoms with E-state index >= 15 is 0 Å². The number of pyridine rings is 1. The van der Waals surface area contributed by atoms with Crippen LogP contribution in [0.1, 0.15) is 34.1 Å². The van der Waals surface area contributed by atoms with Gasteiger partial charge in [0, 0.05) is 37.9 Å². The van der Waals surface area contributed by atoms with Crippen LogP contribution in [0.3, 0.4) is 0 Å². The van der Waals surface area contributed by atoms with Gasteiger partial charge in [-0.25, -0.2) is 4.39 Å². The van der Waals surface area contributed by atoms with E-state index in [4.69, 9.17) is 0 Å². The Labute approximate surface area is 157 Å². The fourth-order valence-electron chi connectivity index (χ4n) is 3.20. The Morgan fingerprint density at radius 3 is 2.52 bits per heavy atom. The highest BCUT2D eigenvalue weighted by Crippen LogP contribution is 2.20. The molecule has 2 heterocycles. The molecule has 1 unspecified atom stereocenters. The van der Waals surface area contributed by atoms with Crippen molar-refractivity contribution in [3.8, 4) is 0 Å². The van der Waals surface area contributed by atoms with Gasteiger partial charge in [-0.1, -0.05) is 24.3 Å². The van der Waals surface area contributed by atoms with E-state index in [1.165, 1.54) is 23.1 Å². The summed E-state index contributed by atoms with van der Waals surface area (Å²) in [5, 5.41) is 10.3. The van der Waals surface area contributed by atoms with E-state index in [0.717, 1.165) is 5.56 Å². The van der Waals surface area contributed by atoms with Crippen LogP contribution in [0, 0.1) is 12.7 Å². The molecular formula is C20H22FN3O3. The Morgan fingerprint density at radius 2 is 1.78 bits per heavy atom.